The fraction of sp³-hybridized carbons (Fsp3) is 0.429. The Bertz CT molecular complexity index is 1240. The summed E-state index contributed by atoms with van der Waals surface area (Å²) in [5.41, 5.74) is 10.9. The molecule has 37 heavy (non-hydrogen) atoms. The third-order valence-corrected chi connectivity index (χ3v) is 6.88. The summed E-state index contributed by atoms with van der Waals surface area (Å²) in [5.74, 6) is 0.0145. The highest BCUT2D eigenvalue weighted by Gasteiger charge is 2.31. The lowest BCUT2D eigenvalue weighted by Gasteiger charge is -2.25. The second kappa shape index (κ2) is 11.2. The molecule has 1 aromatic heterocycles. The Morgan fingerprint density at radius 3 is 2.81 bits per heavy atom. The summed E-state index contributed by atoms with van der Waals surface area (Å²) in [5, 5.41) is 15.7. The van der Waals surface area contributed by atoms with E-state index < -0.39 is 5.41 Å². The van der Waals surface area contributed by atoms with Gasteiger partial charge in [0.25, 0.3) is 0 Å². The van der Waals surface area contributed by atoms with E-state index >= 15 is 0 Å². The van der Waals surface area contributed by atoms with E-state index in [0.717, 1.165) is 48.3 Å². The quantitative estimate of drug-likeness (QED) is 0.437. The molecule has 1 aromatic carbocycles. The minimum Gasteiger partial charge on any atom is -0.395 e. The van der Waals surface area contributed by atoms with Crippen molar-refractivity contribution >= 4 is 35.1 Å². The van der Waals surface area contributed by atoms with E-state index in [-0.39, 0.29) is 31.4 Å². The monoisotopic (exact) mass is 504 g/mol. The molecule has 0 saturated carbocycles. The number of fused-ring (bicyclic) bond motifs is 2. The molecule has 0 fully saturated rings. The normalized spacial score (nSPS) is 15.0. The molecule has 9 heteroatoms. The first kappa shape index (κ1) is 26.5. The summed E-state index contributed by atoms with van der Waals surface area (Å²) in [4.78, 5) is 37.2. The maximum Gasteiger partial charge on any atom is 0.250 e. The van der Waals surface area contributed by atoms with Gasteiger partial charge in [0.15, 0.2) is 0 Å². The summed E-state index contributed by atoms with van der Waals surface area (Å²) < 4.78 is 0. The molecule has 2 aromatic rings. The number of benzene rings is 1. The van der Waals surface area contributed by atoms with Gasteiger partial charge >= 0.3 is 0 Å². The molecule has 9 nitrogen and oxygen atoms in total. The summed E-state index contributed by atoms with van der Waals surface area (Å²) in [7, 11) is 0. The average Bonchev–Trinajstić information content (AvgIpc) is 3.05. The van der Waals surface area contributed by atoms with Gasteiger partial charge in [0, 0.05) is 55.9 Å². The second-order valence-electron chi connectivity index (χ2n) is 10.1. The van der Waals surface area contributed by atoms with E-state index in [1.807, 2.05) is 51.1 Å². The molecular weight excluding hydrogens is 468 g/mol. The van der Waals surface area contributed by atoms with Crippen molar-refractivity contribution in [2.24, 2.45) is 10.7 Å². The number of carbonyl (C=O) groups excluding carboxylic acids is 2. The zero-order valence-electron chi connectivity index (χ0n) is 21.8. The maximum absolute atomic E-state index is 13.3. The van der Waals surface area contributed by atoms with Crippen molar-refractivity contribution in [2.45, 2.75) is 52.0 Å². The van der Waals surface area contributed by atoms with Gasteiger partial charge < -0.3 is 26.4 Å². The van der Waals surface area contributed by atoms with Gasteiger partial charge in [-0.15, -0.1) is 0 Å². The van der Waals surface area contributed by atoms with E-state index in [2.05, 4.69) is 20.6 Å². The number of aliphatic hydroxyl groups excluding tert-OH is 1. The molecule has 0 radical (unpaired) electrons. The predicted octanol–water partition coefficient (Wildman–Crippen LogP) is 2.65. The van der Waals surface area contributed by atoms with Crippen LogP contribution in [0.3, 0.4) is 0 Å². The number of aliphatic hydroxyl groups is 1. The molecule has 0 aliphatic carbocycles. The van der Waals surface area contributed by atoms with Gasteiger partial charge in [-0.05, 0) is 49.6 Å². The highest BCUT2D eigenvalue weighted by Crippen LogP contribution is 2.34. The smallest absolute Gasteiger partial charge is 0.250 e. The number of amidine groups is 1. The van der Waals surface area contributed by atoms with Gasteiger partial charge in [0.1, 0.15) is 5.84 Å². The number of pyridine rings is 1. The first-order valence-corrected chi connectivity index (χ1v) is 12.8. The molecule has 2 aliphatic heterocycles. The molecule has 0 spiro atoms. The van der Waals surface area contributed by atoms with Crippen molar-refractivity contribution in [2.75, 3.05) is 31.6 Å². The Hall–Kier alpha value is -3.56. The molecule has 4 rings (SSSR count). The molecule has 5 N–H and O–H groups in total. The number of anilines is 1. The molecule has 2 amide bonds. The van der Waals surface area contributed by atoms with Crippen molar-refractivity contribution in [3.8, 4) is 0 Å². The summed E-state index contributed by atoms with van der Waals surface area (Å²) >= 11 is 0. The van der Waals surface area contributed by atoms with Gasteiger partial charge in [-0.3, -0.25) is 14.6 Å². The average molecular weight is 505 g/mol. The predicted molar refractivity (Wildman–Crippen MR) is 146 cm³/mol. The molecular formula is C28H36N6O3. The number of aliphatic imine (C=N–C) groups is 1. The highest BCUT2D eigenvalue weighted by molar-refractivity contribution is 6.05. The van der Waals surface area contributed by atoms with Crippen LogP contribution in [-0.2, 0) is 28.0 Å². The SMILES string of the molecule is CCCN(CCO)C(=O)C1=Cc2ccc(C(C)(C)C(=O)Nc3cnc4c(c3)CNCC4)cc2N=C(N)C1. The fourth-order valence-electron chi connectivity index (χ4n) is 4.66. The van der Waals surface area contributed by atoms with Crippen LogP contribution in [0.1, 0.15) is 56.0 Å². The summed E-state index contributed by atoms with van der Waals surface area (Å²) in [6.45, 7) is 8.10. The van der Waals surface area contributed by atoms with Crippen LogP contribution in [0, 0.1) is 0 Å². The Morgan fingerprint density at radius 1 is 1.24 bits per heavy atom. The van der Waals surface area contributed by atoms with Crippen LogP contribution in [0.15, 0.2) is 41.0 Å². The van der Waals surface area contributed by atoms with E-state index in [1.54, 1.807) is 11.1 Å². The number of hydrogen-bond donors (Lipinski definition) is 4. The zero-order chi connectivity index (χ0) is 26.6. The van der Waals surface area contributed by atoms with Crippen LogP contribution in [0.5, 0.6) is 0 Å². The van der Waals surface area contributed by atoms with Crippen molar-refractivity contribution in [1.82, 2.24) is 15.2 Å². The number of hydrogen-bond acceptors (Lipinski definition) is 7. The summed E-state index contributed by atoms with van der Waals surface area (Å²) in [6, 6.07) is 7.60. The number of rotatable bonds is 8. The lowest BCUT2D eigenvalue weighted by molar-refractivity contribution is -0.127. The standard InChI is InChI=1S/C28H36N6O3/c1-4-9-34(10-11-35)26(36)19-12-18-5-6-21(15-24(18)33-25(29)14-19)28(2,3)27(37)32-22-13-20-16-30-8-7-23(20)31-17-22/h5-6,12-13,15,17,30,35H,4,7-11,14,16H2,1-3H3,(H2,29,33)(H,32,37). The third kappa shape index (κ3) is 5.89. The molecule has 0 saturated heterocycles. The minimum atomic E-state index is -0.860. The number of nitrogens with one attached hydrogen (secondary N) is 2. The van der Waals surface area contributed by atoms with Crippen molar-refractivity contribution in [1.29, 1.82) is 0 Å². The van der Waals surface area contributed by atoms with Crippen LogP contribution in [0.25, 0.3) is 6.08 Å². The molecule has 3 heterocycles. The molecule has 0 unspecified atom stereocenters. The fourth-order valence-corrected chi connectivity index (χ4v) is 4.66. The first-order valence-electron chi connectivity index (χ1n) is 12.8. The lowest BCUT2D eigenvalue weighted by atomic mass is 9.82. The minimum absolute atomic E-state index is 0.0991. The van der Waals surface area contributed by atoms with Gasteiger partial charge in [-0.1, -0.05) is 19.1 Å². The third-order valence-electron chi connectivity index (χ3n) is 6.88. The number of nitrogens with two attached hydrogens (primary N) is 1. The highest BCUT2D eigenvalue weighted by atomic mass is 16.3. The topological polar surface area (TPSA) is 133 Å². The Labute approximate surface area is 217 Å². The number of nitrogens with zero attached hydrogens (tertiary/aromatic N) is 3. The van der Waals surface area contributed by atoms with Gasteiger partial charge in [-0.25, -0.2) is 4.99 Å². The Balaban J connectivity index is 1.58. The molecule has 2 aliphatic rings. The van der Waals surface area contributed by atoms with Crippen LogP contribution < -0.4 is 16.4 Å². The van der Waals surface area contributed by atoms with Crippen LogP contribution in [0.2, 0.25) is 0 Å². The zero-order valence-corrected chi connectivity index (χ0v) is 21.8. The van der Waals surface area contributed by atoms with Crippen LogP contribution >= 0.6 is 0 Å². The molecule has 0 bridgehead atoms. The van der Waals surface area contributed by atoms with Crippen LogP contribution in [0.4, 0.5) is 11.4 Å². The number of aromatic nitrogens is 1. The Morgan fingerprint density at radius 2 is 2.05 bits per heavy atom. The van der Waals surface area contributed by atoms with E-state index in [0.29, 0.717) is 29.3 Å². The first-order chi connectivity index (χ1) is 17.7. The molecule has 196 valence electrons. The van der Waals surface area contributed by atoms with Crippen molar-refractivity contribution in [3.05, 3.63) is 58.4 Å². The largest absolute Gasteiger partial charge is 0.395 e. The summed E-state index contributed by atoms with van der Waals surface area (Å²) in [6.07, 6.45) is 5.41. The Kier molecular flexibility index (Phi) is 8.04. The van der Waals surface area contributed by atoms with Gasteiger partial charge in [0.2, 0.25) is 11.8 Å². The van der Waals surface area contributed by atoms with Crippen molar-refractivity contribution in [3.63, 3.8) is 0 Å². The molecule has 0 atom stereocenters. The van der Waals surface area contributed by atoms with E-state index in [4.69, 9.17) is 5.73 Å². The second-order valence-corrected chi connectivity index (χ2v) is 10.1. The maximum atomic E-state index is 13.3. The number of amides is 2. The van der Waals surface area contributed by atoms with Gasteiger partial charge in [-0.2, -0.15) is 0 Å². The van der Waals surface area contributed by atoms with Crippen LogP contribution in [-0.4, -0.2) is 58.9 Å². The number of carbonyl (C=O) groups is 2. The van der Waals surface area contributed by atoms with Gasteiger partial charge in [0.05, 0.1) is 29.6 Å². The lowest BCUT2D eigenvalue weighted by Crippen LogP contribution is -2.36. The van der Waals surface area contributed by atoms with E-state index in [9.17, 15) is 14.7 Å². The van der Waals surface area contributed by atoms with Crippen molar-refractivity contribution < 1.29 is 14.7 Å². The van der Waals surface area contributed by atoms with E-state index in [1.165, 1.54) is 0 Å².